The molecule has 0 aromatic carbocycles. The molecule has 14 heavy (non-hydrogen) atoms. The lowest BCUT2D eigenvalue weighted by molar-refractivity contribution is -0.114. The largest absolute Gasteiger partial charge is 0.324 e. The molecule has 0 bridgehead atoms. The van der Waals surface area contributed by atoms with Gasteiger partial charge < -0.3 is 11.1 Å². The minimum absolute atomic E-state index is 0. The van der Waals surface area contributed by atoms with Crippen LogP contribution < -0.4 is 11.1 Å². The van der Waals surface area contributed by atoms with Gasteiger partial charge in [0.15, 0.2) is 0 Å². The predicted molar refractivity (Wildman–Crippen MR) is 64.6 cm³/mol. The minimum atomic E-state index is -0.240. The Labute approximate surface area is 104 Å². The van der Waals surface area contributed by atoms with Crippen LogP contribution in [0.2, 0.25) is 0 Å². The quantitative estimate of drug-likeness (QED) is 0.805. The standard InChI is InChI=1S/C7H7Br2N3O.ClH/c8-5-1-4(3-11-7(5)9)12-6(13)2-10;/h1,3H,2,10H2,(H,12,13);1H. The first kappa shape index (κ1) is 13.8. The fourth-order valence-electron chi connectivity index (χ4n) is 0.702. The highest BCUT2D eigenvalue weighted by Gasteiger charge is 2.02. The van der Waals surface area contributed by atoms with Gasteiger partial charge in [0.1, 0.15) is 4.60 Å². The van der Waals surface area contributed by atoms with Gasteiger partial charge in [-0.2, -0.15) is 0 Å². The van der Waals surface area contributed by atoms with E-state index in [0.29, 0.717) is 10.3 Å². The van der Waals surface area contributed by atoms with Gasteiger partial charge in [0.25, 0.3) is 0 Å². The second-order valence-electron chi connectivity index (χ2n) is 2.25. The SMILES string of the molecule is Cl.NCC(=O)Nc1cnc(Br)c(Br)c1. The van der Waals surface area contributed by atoms with E-state index in [1.54, 1.807) is 12.3 Å². The summed E-state index contributed by atoms with van der Waals surface area (Å²) in [7, 11) is 0. The molecule has 4 nitrogen and oxygen atoms in total. The number of carbonyl (C=O) groups is 1. The lowest BCUT2D eigenvalue weighted by atomic mass is 10.4. The molecule has 0 saturated carbocycles. The van der Waals surface area contributed by atoms with E-state index in [0.717, 1.165) is 4.47 Å². The van der Waals surface area contributed by atoms with Crippen LogP contribution in [-0.2, 0) is 4.79 Å². The van der Waals surface area contributed by atoms with Gasteiger partial charge in [-0.1, -0.05) is 0 Å². The zero-order valence-corrected chi connectivity index (χ0v) is 10.9. The Morgan fingerprint density at radius 1 is 1.57 bits per heavy atom. The van der Waals surface area contributed by atoms with E-state index < -0.39 is 0 Å². The minimum Gasteiger partial charge on any atom is -0.324 e. The number of nitrogens with zero attached hydrogens (tertiary/aromatic N) is 1. The maximum Gasteiger partial charge on any atom is 0.238 e. The number of carbonyl (C=O) groups excluding carboxylic acids is 1. The molecule has 0 radical (unpaired) electrons. The van der Waals surface area contributed by atoms with Crippen molar-refractivity contribution in [2.45, 2.75) is 0 Å². The molecule has 0 spiro atoms. The van der Waals surface area contributed by atoms with Crippen LogP contribution in [0.25, 0.3) is 0 Å². The smallest absolute Gasteiger partial charge is 0.238 e. The number of hydrogen-bond acceptors (Lipinski definition) is 3. The molecule has 1 aromatic rings. The predicted octanol–water partition coefficient (Wildman–Crippen LogP) is 1.93. The van der Waals surface area contributed by atoms with Crippen LogP contribution >= 0.6 is 44.3 Å². The molecule has 0 fully saturated rings. The van der Waals surface area contributed by atoms with Gasteiger partial charge in [0.2, 0.25) is 5.91 Å². The monoisotopic (exact) mass is 343 g/mol. The van der Waals surface area contributed by atoms with Crippen LogP contribution in [0.3, 0.4) is 0 Å². The lowest BCUT2D eigenvalue weighted by Gasteiger charge is -2.03. The molecule has 78 valence electrons. The highest BCUT2D eigenvalue weighted by molar-refractivity contribution is 9.13. The molecule has 1 amide bonds. The number of anilines is 1. The first-order valence-corrected chi connectivity index (χ1v) is 5.03. The average molecular weight is 345 g/mol. The molecule has 0 aliphatic heterocycles. The van der Waals surface area contributed by atoms with E-state index in [-0.39, 0.29) is 24.9 Å². The van der Waals surface area contributed by atoms with Crippen LogP contribution in [0.15, 0.2) is 21.3 Å². The number of halogens is 3. The van der Waals surface area contributed by atoms with E-state index in [2.05, 4.69) is 42.2 Å². The fraction of sp³-hybridized carbons (Fsp3) is 0.143. The number of nitrogens with two attached hydrogens (primary N) is 1. The van der Waals surface area contributed by atoms with Crippen molar-refractivity contribution in [2.75, 3.05) is 11.9 Å². The van der Waals surface area contributed by atoms with Gasteiger partial charge in [-0.3, -0.25) is 4.79 Å². The van der Waals surface area contributed by atoms with Crippen molar-refractivity contribution in [1.82, 2.24) is 4.98 Å². The number of aromatic nitrogens is 1. The third-order valence-corrected chi connectivity index (χ3v) is 3.03. The van der Waals surface area contributed by atoms with Gasteiger partial charge >= 0.3 is 0 Å². The molecule has 7 heteroatoms. The summed E-state index contributed by atoms with van der Waals surface area (Å²) >= 11 is 6.48. The number of rotatable bonds is 2. The molecule has 1 aromatic heterocycles. The number of pyridine rings is 1. The van der Waals surface area contributed by atoms with Crippen molar-refractivity contribution in [3.63, 3.8) is 0 Å². The number of amides is 1. The Kier molecular flexibility index (Phi) is 6.26. The second-order valence-corrected chi connectivity index (χ2v) is 3.85. The summed E-state index contributed by atoms with van der Waals surface area (Å²) in [6.07, 6.45) is 1.54. The van der Waals surface area contributed by atoms with E-state index >= 15 is 0 Å². The Bertz CT molecular complexity index is 335. The Morgan fingerprint density at radius 3 is 2.71 bits per heavy atom. The van der Waals surface area contributed by atoms with Gasteiger partial charge in [-0.15, -0.1) is 12.4 Å². The first-order chi connectivity index (χ1) is 6.13. The maximum atomic E-state index is 10.9. The Hall–Kier alpha value is -0.170. The molecule has 0 aliphatic rings. The topological polar surface area (TPSA) is 68.0 Å². The molecule has 3 N–H and O–H groups in total. The van der Waals surface area contributed by atoms with E-state index in [1.165, 1.54) is 0 Å². The van der Waals surface area contributed by atoms with Crippen molar-refractivity contribution < 1.29 is 4.79 Å². The van der Waals surface area contributed by atoms with Gasteiger partial charge in [0, 0.05) is 0 Å². The molecular formula is C7H8Br2ClN3O. The highest BCUT2D eigenvalue weighted by atomic mass is 79.9. The van der Waals surface area contributed by atoms with Crippen molar-refractivity contribution in [1.29, 1.82) is 0 Å². The second kappa shape index (κ2) is 6.34. The fourth-order valence-corrected chi connectivity index (χ4v) is 1.27. The van der Waals surface area contributed by atoms with E-state index in [1.807, 2.05) is 0 Å². The third kappa shape index (κ3) is 3.91. The molecule has 0 atom stereocenters. The van der Waals surface area contributed by atoms with Crippen molar-refractivity contribution in [3.05, 3.63) is 21.3 Å². The van der Waals surface area contributed by atoms with E-state index in [4.69, 9.17) is 5.73 Å². The Morgan fingerprint density at radius 2 is 2.21 bits per heavy atom. The van der Waals surface area contributed by atoms with Crippen LogP contribution in [-0.4, -0.2) is 17.4 Å². The third-order valence-electron chi connectivity index (χ3n) is 1.27. The van der Waals surface area contributed by atoms with Crippen LogP contribution in [0.5, 0.6) is 0 Å². The maximum absolute atomic E-state index is 10.9. The van der Waals surface area contributed by atoms with Crippen molar-refractivity contribution >= 4 is 55.9 Å². The highest BCUT2D eigenvalue weighted by Crippen LogP contribution is 2.23. The summed E-state index contributed by atoms with van der Waals surface area (Å²) in [5.74, 6) is -0.240. The van der Waals surface area contributed by atoms with Crippen LogP contribution in [0.1, 0.15) is 0 Å². The Balaban J connectivity index is 0.00000169. The molecule has 0 saturated heterocycles. The lowest BCUT2D eigenvalue weighted by Crippen LogP contribution is -2.21. The first-order valence-electron chi connectivity index (χ1n) is 3.44. The van der Waals surface area contributed by atoms with Crippen LogP contribution in [0.4, 0.5) is 5.69 Å². The molecule has 1 heterocycles. The van der Waals surface area contributed by atoms with Gasteiger partial charge in [0.05, 0.1) is 22.9 Å². The number of hydrogen-bond donors (Lipinski definition) is 2. The van der Waals surface area contributed by atoms with E-state index in [9.17, 15) is 4.79 Å². The van der Waals surface area contributed by atoms with Gasteiger partial charge in [-0.05, 0) is 37.9 Å². The summed E-state index contributed by atoms with van der Waals surface area (Å²) in [4.78, 5) is 14.9. The molecular weight excluding hydrogens is 337 g/mol. The zero-order chi connectivity index (χ0) is 9.84. The summed E-state index contributed by atoms with van der Waals surface area (Å²) in [5.41, 5.74) is 5.75. The molecule has 1 rings (SSSR count). The molecule has 0 aliphatic carbocycles. The number of nitrogens with one attached hydrogen (secondary N) is 1. The average Bonchev–Trinajstić information content (AvgIpc) is 2.11. The van der Waals surface area contributed by atoms with Crippen molar-refractivity contribution in [3.8, 4) is 0 Å². The zero-order valence-electron chi connectivity index (χ0n) is 6.96. The summed E-state index contributed by atoms with van der Waals surface area (Å²) in [6, 6.07) is 1.74. The summed E-state index contributed by atoms with van der Waals surface area (Å²) in [5, 5.41) is 2.58. The van der Waals surface area contributed by atoms with Crippen LogP contribution in [0, 0.1) is 0 Å². The van der Waals surface area contributed by atoms with Gasteiger partial charge in [-0.25, -0.2) is 4.98 Å². The molecule has 0 unspecified atom stereocenters. The van der Waals surface area contributed by atoms with Crippen molar-refractivity contribution in [2.24, 2.45) is 5.73 Å². The summed E-state index contributed by atoms with van der Waals surface area (Å²) < 4.78 is 1.47. The summed E-state index contributed by atoms with van der Waals surface area (Å²) in [6.45, 7) is -0.0340. The normalized spacial score (nSPS) is 9.07.